The topological polar surface area (TPSA) is 0 Å². The highest BCUT2D eigenvalue weighted by Crippen LogP contribution is 2.36. The van der Waals surface area contributed by atoms with Gasteiger partial charge in [-0.1, -0.05) is 73.7 Å². The largest absolute Gasteiger partial charge is 0.125 e. The Kier molecular flexibility index (Phi) is 4.73. The molecular weight excluding hydrogens is 319 g/mol. The van der Waals surface area contributed by atoms with E-state index in [9.17, 15) is 0 Å². The molecule has 0 saturated carbocycles. The minimum Gasteiger partial charge on any atom is -0.125 e. The molecule has 0 fully saturated rings. The van der Waals surface area contributed by atoms with E-state index in [0.717, 1.165) is 15.0 Å². The lowest BCUT2D eigenvalue weighted by atomic mass is 9.81. The average molecular weight is 344 g/mol. The van der Waals surface area contributed by atoms with E-state index >= 15 is 0 Å². The fraction of sp³-hybridized carbons (Fsp3) is 0.250. The molecule has 0 aliphatic heterocycles. The van der Waals surface area contributed by atoms with Crippen LogP contribution in [0.15, 0.2) is 60.7 Å². The molecule has 1 aliphatic rings. The van der Waals surface area contributed by atoms with Gasteiger partial charge in [-0.05, 0) is 69.5 Å². The van der Waals surface area contributed by atoms with Crippen LogP contribution in [0.3, 0.4) is 0 Å². The number of hydrogen-bond donors (Lipinski definition) is 0. The van der Waals surface area contributed by atoms with E-state index in [4.69, 9.17) is 0 Å². The van der Waals surface area contributed by atoms with Gasteiger partial charge in [0, 0.05) is 0 Å². The van der Waals surface area contributed by atoms with Gasteiger partial charge in [-0.3, -0.25) is 0 Å². The van der Waals surface area contributed by atoms with Gasteiger partial charge in [0.25, 0.3) is 0 Å². The van der Waals surface area contributed by atoms with Crippen molar-refractivity contribution in [3.05, 3.63) is 82.2 Å². The predicted octanol–water partition coefficient (Wildman–Crippen LogP) is 4.71. The van der Waals surface area contributed by atoms with Crippen molar-refractivity contribution in [2.45, 2.75) is 19.8 Å². The molecule has 1 heteroatoms. The molecule has 0 aromatic heterocycles. The Morgan fingerprint density at radius 1 is 0.960 bits per heavy atom. The van der Waals surface area contributed by atoms with Crippen LogP contribution < -0.4 is 10.4 Å². The molecule has 3 aromatic rings. The van der Waals surface area contributed by atoms with Crippen molar-refractivity contribution in [3.63, 3.8) is 0 Å². The van der Waals surface area contributed by atoms with Crippen LogP contribution in [0.25, 0.3) is 22.4 Å². The fourth-order valence-electron chi connectivity index (χ4n) is 4.23. The minimum atomic E-state index is 0.634. The monoisotopic (exact) mass is 344 g/mol. The summed E-state index contributed by atoms with van der Waals surface area (Å²) in [6.45, 7) is 4.62. The SMILES string of the molecule is CCc1ccc2ccccc2c1C1=c2ccccc2=CCC1CPC. The van der Waals surface area contributed by atoms with Crippen LogP contribution in [0, 0.1) is 5.92 Å². The van der Waals surface area contributed by atoms with E-state index < -0.39 is 0 Å². The van der Waals surface area contributed by atoms with Crippen molar-refractivity contribution >= 4 is 31.0 Å². The second-order valence-electron chi connectivity index (χ2n) is 6.87. The summed E-state index contributed by atoms with van der Waals surface area (Å²) in [5.74, 6) is 0.634. The third-order valence-corrected chi connectivity index (χ3v) is 6.30. The third-order valence-electron chi connectivity index (χ3n) is 5.40. The van der Waals surface area contributed by atoms with Crippen LogP contribution >= 0.6 is 8.58 Å². The summed E-state index contributed by atoms with van der Waals surface area (Å²) in [6, 6.07) is 22.5. The van der Waals surface area contributed by atoms with Crippen molar-refractivity contribution in [1.82, 2.24) is 0 Å². The van der Waals surface area contributed by atoms with Crippen LogP contribution in [0.2, 0.25) is 0 Å². The van der Waals surface area contributed by atoms with E-state index in [1.54, 1.807) is 5.57 Å². The Morgan fingerprint density at radius 3 is 2.60 bits per heavy atom. The van der Waals surface area contributed by atoms with Crippen LogP contribution in [0.1, 0.15) is 24.5 Å². The molecule has 0 amide bonds. The summed E-state index contributed by atoms with van der Waals surface area (Å²) in [4.78, 5) is 0. The summed E-state index contributed by atoms with van der Waals surface area (Å²) in [5.41, 5.74) is 4.57. The maximum Gasteiger partial charge on any atom is -0.00778 e. The Morgan fingerprint density at radius 2 is 1.76 bits per heavy atom. The van der Waals surface area contributed by atoms with Crippen molar-refractivity contribution in [1.29, 1.82) is 0 Å². The molecule has 2 atom stereocenters. The molecule has 0 heterocycles. The predicted molar refractivity (Wildman–Crippen MR) is 113 cm³/mol. The van der Waals surface area contributed by atoms with Gasteiger partial charge in [-0.15, -0.1) is 8.58 Å². The molecule has 0 bridgehead atoms. The van der Waals surface area contributed by atoms with Crippen LogP contribution in [0.5, 0.6) is 0 Å². The highest BCUT2D eigenvalue weighted by Gasteiger charge is 2.22. The van der Waals surface area contributed by atoms with Crippen LogP contribution in [0.4, 0.5) is 0 Å². The van der Waals surface area contributed by atoms with Crippen molar-refractivity contribution in [2.75, 3.05) is 12.8 Å². The summed E-state index contributed by atoms with van der Waals surface area (Å²) in [7, 11) is 0.990. The molecule has 0 saturated heterocycles. The Hall–Kier alpha value is -1.91. The first kappa shape index (κ1) is 16.6. The van der Waals surface area contributed by atoms with Gasteiger partial charge >= 0.3 is 0 Å². The number of hydrogen-bond acceptors (Lipinski definition) is 0. The lowest BCUT2D eigenvalue weighted by Crippen LogP contribution is -2.34. The van der Waals surface area contributed by atoms with Gasteiger partial charge in [0.1, 0.15) is 0 Å². The van der Waals surface area contributed by atoms with Gasteiger partial charge in [0.2, 0.25) is 0 Å². The Labute approximate surface area is 152 Å². The second-order valence-corrected chi connectivity index (χ2v) is 7.99. The van der Waals surface area contributed by atoms with Crippen LogP contribution in [-0.4, -0.2) is 12.8 Å². The summed E-state index contributed by atoms with van der Waals surface area (Å²) in [6.07, 6.45) is 5.98. The normalized spacial score (nSPS) is 17.0. The van der Waals surface area contributed by atoms with Crippen molar-refractivity contribution in [2.24, 2.45) is 5.92 Å². The molecular formula is C24H25P. The van der Waals surface area contributed by atoms with Crippen LogP contribution in [-0.2, 0) is 6.42 Å². The maximum absolute atomic E-state index is 2.44. The smallest absolute Gasteiger partial charge is 0.00778 e. The minimum absolute atomic E-state index is 0.634. The van der Waals surface area contributed by atoms with Crippen molar-refractivity contribution in [3.8, 4) is 0 Å². The Balaban J connectivity index is 2.14. The van der Waals surface area contributed by atoms with Gasteiger partial charge < -0.3 is 0 Å². The number of aryl methyl sites for hydroxylation is 1. The lowest BCUT2D eigenvalue weighted by molar-refractivity contribution is 0.784. The number of fused-ring (bicyclic) bond motifs is 2. The van der Waals surface area contributed by atoms with E-state index in [2.05, 4.69) is 80.3 Å². The van der Waals surface area contributed by atoms with Gasteiger partial charge in [-0.25, -0.2) is 0 Å². The Bertz CT molecular complexity index is 1030. The molecule has 0 nitrogen and oxygen atoms in total. The molecule has 0 N–H and O–H groups in total. The molecule has 0 spiro atoms. The standard InChI is InChI=1S/C24H25P/c1-3-17-12-13-18-8-4-6-10-21(18)23(17)24-20(16-25-2)15-14-19-9-5-7-11-22(19)24/h4-14,20,25H,3,15-16H2,1-2H3. The van der Waals surface area contributed by atoms with E-state index in [0.29, 0.717) is 5.92 Å². The first-order valence-electron chi connectivity index (χ1n) is 9.28. The summed E-state index contributed by atoms with van der Waals surface area (Å²) in [5, 5.41) is 5.62. The van der Waals surface area contributed by atoms with E-state index in [-0.39, 0.29) is 0 Å². The summed E-state index contributed by atoms with van der Waals surface area (Å²) < 4.78 is 0. The second kappa shape index (κ2) is 7.14. The van der Waals surface area contributed by atoms with Gasteiger partial charge in [0.15, 0.2) is 0 Å². The molecule has 126 valence electrons. The van der Waals surface area contributed by atoms with E-state index in [1.807, 2.05) is 0 Å². The zero-order chi connectivity index (χ0) is 17.2. The third kappa shape index (κ3) is 2.94. The quantitative estimate of drug-likeness (QED) is 0.601. The van der Waals surface area contributed by atoms with Gasteiger partial charge in [-0.2, -0.15) is 0 Å². The lowest BCUT2D eigenvalue weighted by Gasteiger charge is -2.26. The molecule has 3 aromatic carbocycles. The first-order valence-corrected chi connectivity index (χ1v) is 11.0. The average Bonchev–Trinajstić information content (AvgIpc) is 2.67. The van der Waals surface area contributed by atoms with Gasteiger partial charge in [0.05, 0.1) is 0 Å². The fourth-order valence-corrected chi connectivity index (χ4v) is 5.09. The molecule has 1 aliphatic carbocycles. The van der Waals surface area contributed by atoms with E-state index in [1.165, 1.54) is 44.9 Å². The maximum atomic E-state index is 2.44. The zero-order valence-electron chi connectivity index (χ0n) is 15.0. The first-order chi connectivity index (χ1) is 12.3. The molecule has 0 radical (unpaired) electrons. The highest BCUT2D eigenvalue weighted by atomic mass is 31.1. The molecule has 25 heavy (non-hydrogen) atoms. The highest BCUT2D eigenvalue weighted by molar-refractivity contribution is 7.37. The van der Waals surface area contributed by atoms with Crippen molar-refractivity contribution < 1.29 is 0 Å². The number of benzene rings is 3. The zero-order valence-corrected chi connectivity index (χ0v) is 16.0. The molecule has 2 unspecified atom stereocenters. The molecule has 4 rings (SSSR count). The number of rotatable bonds is 4. The summed E-state index contributed by atoms with van der Waals surface area (Å²) >= 11 is 0.